The summed E-state index contributed by atoms with van der Waals surface area (Å²) in [6.07, 6.45) is 3.39. The van der Waals surface area contributed by atoms with Crippen LogP contribution in [0.1, 0.15) is 46.4 Å². The SMILES string of the molecule is COc1cc(C=Cc2nc3n(n2)CC[C@H]3c2ccccc2C(F)(F)F)ccc1-n1cnc(C)c1. The number of hydrogen-bond acceptors (Lipinski definition) is 4. The molecule has 0 fully saturated rings. The van der Waals surface area contributed by atoms with Crippen LogP contribution >= 0.6 is 0 Å². The lowest BCUT2D eigenvalue weighted by atomic mass is 9.92. The molecule has 1 aliphatic rings. The molecule has 6 nitrogen and oxygen atoms in total. The summed E-state index contributed by atoms with van der Waals surface area (Å²) in [5.74, 6) is 1.26. The van der Waals surface area contributed by atoms with Crippen molar-refractivity contribution >= 4 is 12.2 Å². The summed E-state index contributed by atoms with van der Waals surface area (Å²) in [4.78, 5) is 8.80. The fourth-order valence-electron chi connectivity index (χ4n) is 4.33. The van der Waals surface area contributed by atoms with Gasteiger partial charge in [0.1, 0.15) is 11.6 Å². The third-order valence-electron chi connectivity index (χ3n) is 5.92. The van der Waals surface area contributed by atoms with Gasteiger partial charge in [-0.2, -0.15) is 18.3 Å². The van der Waals surface area contributed by atoms with Crippen LogP contribution in [0.5, 0.6) is 5.75 Å². The number of ether oxygens (including phenoxy) is 1. The van der Waals surface area contributed by atoms with E-state index in [4.69, 9.17) is 4.74 Å². The molecule has 0 spiro atoms. The first-order valence-electron chi connectivity index (χ1n) is 10.8. The standard InChI is InChI=1S/C25H22F3N5O/c1-16-14-32(15-29-16)21-9-7-17(13-22(21)34-2)8-10-23-30-24-19(11-12-33(24)31-23)18-5-3-4-6-20(18)25(26,27)28/h3-10,13-15,19H,11-12H2,1-2H3/t19-/m0/s1. The zero-order chi connectivity index (χ0) is 23.9. The first-order valence-corrected chi connectivity index (χ1v) is 10.8. The van der Waals surface area contributed by atoms with Gasteiger partial charge in [-0.15, -0.1) is 0 Å². The second kappa shape index (κ2) is 8.48. The Morgan fingerprint density at radius 2 is 1.94 bits per heavy atom. The lowest BCUT2D eigenvalue weighted by molar-refractivity contribution is -0.138. The molecule has 0 radical (unpaired) electrons. The van der Waals surface area contributed by atoms with Gasteiger partial charge in [0.2, 0.25) is 0 Å². The van der Waals surface area contributed by atoms with Crippen molar-refractivity contribution in [3.63, 3.8) is 0 Å². The third kappa shape index (κ3) is 4.09. The fourth-order valence-corrected chi connectivity index (χ4v) is 4.33. The van der Waals surface area contributed by atoms with Crippen LogP contribution in [0, 0.1) is 6.92 Å². The maximum Gasteiger partial charge on any atom is 0.416 e. The van der Waals surface area contributed by atoms with Gasteiger partial charge in [0.05, 0.1) is 30.4 Å². The number of imidazole rings is 1. The second-order valence-electron chi connectivity index (χ2n) is 8.16. The van der Waals surface area contributed by atoms with E-state index in [9.17, 15) is 13.2 Å². The van der Waals surface area contributed by atoms with Crippen molar-refractivity contribution in [2.75, 3.05) is 7.11 Å². The summed E-state index contributed by atoms with van der Waals surface area (Å²) in [6.45, 7) is 2.45. The summed E-state index contributed by atoms with van der Waals surface area (Å²) in [5, 5.41) is 4.48. The fraction of sp³-hybridized carbons (Fsp3) is 0.240. The van der Waals surface area contributed by atoms with Gasteiger partial charge >= 0.3 is 6.18 Å². The summed E-state index contributed by atoms with van der Waals surface area (Å²) in [5.41, 5.74) is 2.28. The molecular weight excluding hydrogens is 443 g/mol. The van der Waals surface area contributed by atoms with E-state index in [2.05, 4.69) is 15.1 Å². The molecular formula is C25H22F3N5O. The average molecular weight is 465 g/mol. The highest BCUT2D eigenvalue weighted by Gasteiger charge is 2.38. The van der Waals surface area contributed by atoms with Crippen molar-refractivity contribution in [3.8, 4) is 11.4 Å². The van der Waals surface area contributed by atoms with Gasteiger partial charge in [-0.25, -0.2) is 14.6 Å². The number of methoxy groups -OCH3 is 1. The van der Waals surface area contributed by atoms with Crippen molar-refractivity contribution in [1.82, 2.24) is 24.3 Å². The van der Waals surface area contributed by atoms with Crippen molar-refractivity contribution in [2.24, 2.45) is 0 Å². The normalized spacial score (nSPS) is 15.7. The van der Waals surface area contributed by atoms with Gasteiger partial charge in [-0.3, -0.25) is 0 Å². The lowest BCUT2D eigenvalue weighted by Gasteiger charge is -2.16. The predicted octanol–water partition coefficient (Wildman–Crippen LogP) is 5.51. The van der Waals surface area contributed by atoms with Crippen LogP contribution in [-0.2, 0) is 12.7 Å². The van der Waals surface area contributed by atoms with Gasteiger partial charge in [0, 0.05) is 18.7 Å². The maximum absolute atomic E-state index is 13.5. The average Bonchev–Trinajstić information content (AvgIpc) is 3.52. The Balaban J connectivity index is 1.41. The number of nitrogens with zero attached hydrogens (tertiary/aromatic N) is 5. The van der Waals surface area contributed by atoms with Crippen LogP contribution in [0.15, 0.2) is 55.0 Å². The number of hydrogen-bond donors (Lipinski definition) is 0. The number of rotatable bonds is 5. The largest absolute Gasteiger partial charge is 0.495 e. The van der Waals surface area contributed by atoms with Gasteiger partial charge in [-0.05, 0) is 48.7 Å². The Bertz CT molecular complexity index is 1370. The predicted molar refractivity (Wildman–Crippen MR) is 122 cm³/mol. The minimum absolute atomic E-state index is 0.242. The molecule has 0 aliphatic carbocycles. The Morgan fingerprint density at radius 3 is 2.68 bits per heavy atom. The molecule has 0 amide bonds. The first-order chi connectivity index (χ1) is 16.3. The Labute approximate surface area is 194 Å². The summed E-state index contributed by atoms with van der Waals surface area (Å²) >= 11 is 0. The number of aryl methyl sites for hydroxylation is 2. The van der Waals surface area contributed by atoms with Crippen molar-refractivity contribution in [3.05, 3.63) is 89.0 Å². The Morgan fingerprint density at radius 1 is 1.12 bits per heavy atom. The molecule has 0 unspecified atom stereocenters. The quantitative estimate of drug-likeness (QED) is 0.390. The van der Waals surface area contributed by atoms with Crippen molar-refractivity contribution in [1.29, 1.82) is 0 Å². The van der Waals surface area contributed by atoms with E-state index in [0.717, 1.165) is 23.0 Å². The molecule has 1 atom stereocenters. The smallest absolute Gasteiger partial charge is 0.416 e. The van der Waals surface area contributed by atoms with Crippen molar-refractivity contribution in [2.45, 2.75) is 32.0 Å². The van der Waals surface area contributed by atoms with Crippen molar-refractivity contribution < 1.29 is 17.9 Å². The van der Waals surface area contributed by atoms with Gasteiger partial charge in [0.25, 0.3) is 0 Å². The zero-order valence-electron chi connectivity index (χ0n) is 18.6. The number of halogens is 3. The Kier molecular flexibility index (Phi) is 5.47. The molecule has 174 valence electrons. The Hall–Kier alpha value is -3.88. The highest BCUT2D eigenvalue weighted by Crippen LogP contribution is 2.40. The second-order valence-corrected chi connectivity index (χ2v) is 8.16. The molecule has 9 heteroatoms. The van der Waals surface area contributed by atoms with E-state index >= 15 is 0 Å². The molecule has 5 rings (SSSR count). The number of benzene rings is 2. The minimum atomic E-state index is -4.41. The van der Waals surface area contributed by atoms with Crippen LogP contribution in [0.4, 0.5) is 13.2 Å². The van der Waals surface area contributed by atoms with Gasteiger partial charge in [-0.1, -0.05) is 30.3 Å². The molecule has 0 N–H and O–H groups in total. The number of fused-ring (bicyclic) bond motifs is 1. The highest BCUT2D eigenvalue weighted by atomic mass is 19.4. The lowest BCUT2D eigenvalue weighted by Crippen LogP contribution is -2.12. The van der Waals surface area contributed by atoms with E-state index in [1.165, 1.54) is 12.1 Å². The summed E-state index contributed by atoms with van der Waals surface area (Å²) in [7, 11) is 1.61. The topological polar surface area (TPSA) is 57.8 Å². The van der Waals surface area contributed by atoms with Gasteiger partial charge < -0.3 is 9.30 Å². The van der Waals surface area contributed by atoms with E-state index in [0.29, 0.717) is 30.4 Å². The molecule has 4 aromatic rings. The molecule has 3 heterocycles. The van der Waals surface area contributed by atoms with Gasteiger partial charge in [0.15, 0.2) is 5.82 Å². The van der Waals surface area contributed by atoms with E-state index in [-0.39, 0.29) is 5.56 Å². The van der Waals surface area contributed by atoms with Crippen LogP contribution in [0.2, 0.25) is 0 Å². The van der Waals surface area contributed by atoms with Crippen LogP contribution < -0.4 is 4.74 Å². The van der Waals surface area contributed by atoms with Crippen LogP contribution in [0.3, 0.4) is 0 Å². The molecule has 1 aliphatic heterocycles. The first kappa shape index (κ1) is 21.9. The molecule has 2 aromatic heterocycles. The molecule has 0 saturated heterocycles. The number of alkyl halides is 3. The zero-order valence-corrected chi connectivity index (χ0v) is 18.6. The molecule has 34 heavy (non-hydrogen) atoms. The minimum Gasteiger partial charge on any atom is -0.495 e. The van der Waals surface area contributed by atoms with Crippen LogP contribution in [0.25, 0.3) is 17.8 Å². The van der Waals surface area contributed by atoms with Crippen LogP contribution in [-0.4, -0.2) is 31.4 Å². The molecule has 2 aromatic carbocycles. The third-order valence-corrected chi connectivity index (χ3v) is 5.92. The van der Waals surface area contributed by atoms with E-state index < -0.39 is 17.7 Å². The summed E-state index contributed by atoms with van der Waals surface area (Å²) in [6, 6.07) is 11.5. The summed E-state index contributed by atoms with van der Waals surface area (Å²) < 4.78 is 49.7. The van der Waals surface area contributed by atoms with E-state index in [1.807, 2.05) is 42.0 Å². The molecule has 0 saturated carbocycles. The number of aromatic nitrogens is 5. The van der Waals surface area contributed by atoms with E-state index in [1.54, 1.807) is 30.3 Å². The maximum atomic E-state index is 13.5. The molecule has 0 bridgehead atoms. The monoisotopic (exact) mass is 465 g/mol. The highest BCUT2D eigenvalue weighted by molar-refractivity contribution is 5.69.